The molecule has 0 fully saturated rings. The number of nitrogens with zero attached hydrogens (tertiary/aromatic N) is 3. The Morgan fingerprint density at radius 1 is 1.20 bits per heavy atom. The minimum absolute atomic E-state index is 0.162. The number of fused-ring (bicyclic) bond motifs is 1. The molecule has 8 nitrogen and oxygen atoms in total. The van der Waals surface area contributed by atoms with Gasteiger partial charge in [-0.2, -0.15) is 5.10 Å². The fourth-order valence-corrected chi connectivity index (χ4v) is 3.67. The van der Waals surface area contributed by atoms with E-state index in [4.69, 9.17) is 4.74 Å². The number of hydrogen-bond acceptors (Lipinski definition) is 5. The largest absolute Gasteiger partial charge is 0.495 e. The van der Waals surface area contributed by atoms with Crippen LogP contribution >= 0.6 is 0 Å². The first kappa shape index (κ1) is 19.6. The van der Waals surface area contributed by atoms with Crippen LogP contribution in [0, 0.1) is 15.9 Å². The first-order valence-electron chi connectivity index (χ1n) is 9.48. The molecule has 0 unspecified atom stereocenters. The number of aromatic nitrogens is 2. The number of methoxy groups -OCH3 is 1. The Labute approximate surface area is 171 Å². The van der Waals surface area contributed by atoms with Gasteiger partial charge < -0.3 is 10.1 Å². The lowest BCUT2D eigenvalue weighted by atomic mass is 9.95. The normalized spacial score (nSPS) is 12.9. The zero-order chi connectivity index (χ0) is 21.3. The number of nitro benzene ring substituents is 1. The van der Waals surface area contributed by atoms with Crippen molar-refractivity contribution in [3.63, 3.8) is 0 Å². The van der Waals surface area contributed by atoms with E-state index in [9.17, 15) is 19.3 Å². The molecule has 9 heteroatoms. The Morgan fingerprint density at radius 3 is 2.63 bits per heavy atom. The van der Waals surface area contributed by atoms with Crippen LogP contribution in [0.1, 0.15) is 34.6 Å². The van der Waals surface area contributed by atoms with Crippen molar-refractivity contribution in [1.29, 1.82) is 0 Å². The van der Waals surface area contributed by atoms with Gasteiger partial charge in [-0.25, -0.2) is 9.07 Å². The van der Waals surface area contributed by atoms with Crippen LogP contribution in [0.3, 0.4) is 0 Å². The number of rotatable bonds is 5. The van der Waals surface area contributed by atoms with E-state index in [-0.39, 0.29) is 22.9 Å². The number of nitro groups is 1. The molecule has 0 aliphatic heterocycles. The molecule has 4 rings (SSSR count). The molecule has 0 bridgehead atoms. The van der Waals surface area contributed by atoms with E-state index in [0.29, 0.717) is 17.9 Å². The van der Waals surface area contributed by atoms with Crippen LogP contribution < -0.4 is 10.1 Å². The Balaban J connectivity index is 1.72. The van der Waals surface area contributed by atoms with Gasteiger partial charge in [-0.1, -0.05) is 0 Å². The predicted molar refractivity (Wildman–Crippen MR) is 108 cm³/mol. The lowest BCUT2D eigenvalue weighted by molar-refractivity contribution is -0.384. The molecule has 1 aliphatic carbocycles. The molecule has 3 aromatic rings. The van der Waals surface area contributed by atoms with Crippen LogP contribution in [0.25, 0.3) is 5.69 Å². The molecule has 0 radical (unpaired) electrons. The second-order valence-corrected chi connectivity index (χ2v) is 6.97. The Kier molecular flexibility index (Phi) is 5.18. The number of carbonyl (C=O) groups is 1. The van der Waals surface area contributed by atoms with E-state index in [1.165, 1.54) is 37.4 Å². The highest BCUT2D eigenvalue weighted by Gasteiger charge is 2.26. The summed E-state index contributed by atoms with van der Waals surface area (Å²) >= 11 is 0. The van der Waals surface area contributed by atoms with Gasteiger partial charge in [0, 0.05) is 23.4 Å². The lowest BCUT2D eigenvalue weighted by Crippen LogP contribution is -2.16. The van der Waals surface area contributed by atoms with E-state index < -0.39 is 10.8 Å². The summed E-state index contributed by atoms with van der Waals surface area (Å²) in [5.74, 6) is -0.524. The molecule has 30 heavy (non-hydrogen) atoms. The zero-order valence-electron chi connectivity index (χ0n) is 16.2. The highest BCUT2D eigenvalue weighted by molar-refractivity contribution is 6.05. The number of ether oxygens (including phenoxy) is 1. The Bertz CT molecular complexity index is 1120. The summed E-state index contributed by atoms with van der Waals surface area (Å²) in [6.07, 6.45) is 3.36. The molecule has 1 aromatic heterocycles. The number of halogens is 1. The maximum atomic E-state index is 13.3. The van der Waals surface area contributed by atoms with E-state index in [1.54, 1.807) is 16.8 Å². The summed E-state index contributed by atoms with van der Waals surface area (Å²) in [5.41, 5.74) is 2.71. The minimum Gasteiger partial charge on any atom is -0.495 e. The maximum Gasteiger partial charge on any atom is 0.276 e. The van der Waals surface area contributed by atoms with Gasteiger partial charge in [0.05, 0.1) is 23.4 Å². The second-order valence-electron chi connectivity index (χ2n) is 6.97. The number of benzene rings is 2. The van der Waals surface area contributed by atoms with Crippen LogP contribution in [0.4, 0.5) is 15.8 Å². The molecular weight excluding hydrogens is 391 g/mol. The molecule has 0 saturated carbocycles. The molecule has 0 saturated heterocycles. The average Bonchev–Trinajstić information content (AvgIpc) is 3.14. The van der Waals surface area contributed by atoms with Gasteiger partial charge in [0.2, 0.25) is 0 Å². The number of nitrogens with one attached hydrogen (secondary N) is 1. The fourth-order valence-electron chi connectivity index (χ4n) is 3.67. The molecule has 1 heterocycles. The average molecular weight is 410 g/mol. The number of carbonyl (C=O) groups excluding carboxylic acids is 1. The first-order valence-corrected chi connectivity index (χ1v) is 9.48. The number of anilines is 1. The van der Waals surface area contributed by atoms with E-state index in [0.717, 1.165) is 30.5 Å². The van der Waals surface area contributed by atoms with Gasteiger partial charge in [-0.05, 0) is 56.0 Å². The van der Waals surface area contributed by atoms with Crippen molar-refractivity contribution < 1.29 is 18.8 Å². The highest BCUT2D eigenvalue weighted by atomic mass is 19.1. The zero-order valence-corrected chi connectivity index (χ0v) is 16.2. The molecule has 0 spiro atoms. The van der Waals surface area contributed by atoms with Crippen molar-refractivity contribution in [1.82, 2.24) is 9.78 Å². The van der Waals surface area contributed by atoms with Gasteiger partial charge in [0.15, 0.2) is 5.69 Å². The Hall–Kier alpha value is -3.75. The second kappa shape index (κ2) is 7.94. The summed E-state index contributed by atoms with van der Waals surface area (Å²) < 4.78 is 20.2. The molecule has 2 aromatic carbocycles. The summed E-state index contributed by atoms with van der Waals surface area (Å²) in [6, 6.07) is 9.91. The number of hydrogen-bond donors (Lipinski definition) is 1. The third kappa shape index (κ3) is 3.61. The number of amides is 1. The SMILES string of the molecule is COc1ccc([N+](=O)[O-])cc1NC(=O)c1nn(-c2ccc(F)cc2)c2c1CCCC2. The van der Waals surface area contributed by atoms with Crippen LogP contribution in [0.5, 0.6) is 5.75 Å². The monoisotopic (exact) mass is 410 g/mol. The van der Waals surface area contributed by atoms with E-state index in [1.807, 2.05) is 0 Å². The van der Waals surface area contributed by atoms with E-state index >= 15 is 0 Å². The van der Waals surface area contributed by atoms with Crippen molar-refractivity contribution in [3.8, 4) is 11.4 Å². The van der Waals surface area contributed by atoms with Crippen molar-refractivity contribution in [2.75, 3.05) is 12.4 Å². The standard InChI is InChI=1S/C21H19FN4O4/c1-30-19-11-10-15(26(28)29)12-17(19)23-21(27)20-16-4-2-3-5-18(16)25(24-20)14-8-6-13(22)7-9-14/h6-12H,2-5H2,1H3,(H,23,27). The van der Waals surface area contributed by atoms with Gasteiger partial charge >= 0.3 is 0 Å². The molecule has 0 atom stereocenters. The van der Waals surface area contributed by atoms with Crippen LogP contribution in [0.15, 0.2) is 42.5 Å². The highest BCUT2D eigenvalue weighted by Crippen LogP contribution is 2.31. The van der Waals surface area contributed by atoms with Gasteiger partial charge in [0.1, 0.15) is 11.6 Å². The topological polar surface area (TPSA) is 99.3 Å². The van der Waals surface area contributed by atoms with Gasteiger partial charge in [-0.3, -0.25) is 14.9 Å². The molecule has 1 aliphatic rings. The van der Waals surface area contributed by atoms with Crippen LogP contribution in [0.2, 0.25) is 0 Å². The summed E-state index contributed by atoms with van der Waals surface area (Å²) in [4.78, 5) is 23.6. The molecule has 1 N–H and O–H groups in total. The summed E-state index contributed by atoms with van der Waals surface area (Å²) in [5, 5.41) is 18.3. The molecule has 1 amide bonds. The minimum atomic E-state index is -0.541. The summed E-state index contributed by atoms with van der Waals surface area (Å²) in [7, 11) is 1.42. The van der Waals surface area contributed by atoms with E-state index in [2.05, 4.69) is 10.4 Å². The summed E-state index contributed by atoms with van der Waals surface area (Å²) in [6.45, 7) is 0. The van der Waals surface area contributed by atoms with Crippen molar-refractivity contribution >= 4 is 17.3 Å². The van der Waals surface area contributed by atoms with Gasteiger partial charge in [0.25, 0.3) is 11.6 Å². The lowest BCUT2D eigenvalue weighted by Gasteiger charge is -2.14. The van der Waals surface area contributed by atoms with Gasteiger partial charge in [-0.15, -0.1) is 0 Å². The van der Waals surface area contributed by atoms with Crippen molar-refractivity contribution in [2.45, 2.75) is 25.7 Å². The van der Waals surface area contributed by atoms with Crippen molar-refractivity contribution in [2.24, 2.45) is 0 Å². The van der Waals surface area contributed by atoms with Crippen LogP contribution in [-0.2, 0) is 12.8 Å². The fraction of sp³-hybridized carbons (Fsp3) is 0.238. The third-order valence-electron chi connectivity index (χ3n) is 5.11. The van der Waals surface area contributed by atoms with Crippen molar-refractivity contribution in [3.05, 3.63) is 75.3 Å². The number of non-ortho nitro benzene ring substituents is 1. The van der Waals surface area contributed by atoms with Crippen LogP contribution in [-0.4, -0.2) is 27.7 Å². The maximum absolute atomic E-state index is 13.3. The third-order valence-corrected chi connectivity index (χ3v) is 5.11. The molecule has 154 valence electrons. The Morgan fingerprint density at radius 2 is 1.93 bits per heavy atom. The molecular formula is C21H19FN4O4. The predicted octanol–water partition coefficient (Wildman–Crippen LogP) is 4.06. The first-order chi connectivity index (χ1) is 14.5. The smallest absolute Gasteiger partial charge is 0.276 e. The quantitative estimate of drug-likeness (QED) is 0.505.